The van der Waals surface area contributed by atoms with E-state index in [4.69, 9.17) is 0 Å². The van der Waals surface area contributed by atoms with Crippen LogP contribution in [0.15, 0.2) is 35.7 Å². The van der Waals surface area contributed by atoms with Crippen LogP contribution in [0.2, 0.25) is 0 Å². The molecule has 60 valence electrons. The molecule has 0 saturated carbocycles. The molecule has 2 rings (SSSR count). The van der Waals surface area contributed by atoms with Crippen molar-refractivity contribution in [2.24, 2.45) is 4.99 Å². The fraction of sp³-hybridized carbons (Fsp3) is 0.222. The summed E-state index contributed by atoms with van der Waals surface area (Å²) in [5.41, 5.74) is 1.04. The highest BCUT2D eigenvalue weighted by atomic mass is 14.8. The number of nitrogens with zero attached hydrogens (tertiary/aromatic N) is 3. The Bertz CT molecular complexity index is 303. The van der Waals surface area contributed by atoms with Crippen LogP contribution in [-0.4, -0.2) is 22.7 Å². The maximum absolute atomic E-state index is 4.17. The van der Waals surface area contributed by atoms with Crippen molar-refractivity contribution in [2.75, 3.05) is 6.54 Å². The van der Waals surface area contributed by atoms with Crippen molar-refractivity contribution in [1.29, 1.82) is 0 Å². The Hall–Kier alpha value is -1.51. The lowest BCUT2D eigenvalue weighted by molar-refractivity contribution is 0.804. The number of rotatable bonds is 1. The van der Waals surface area contributed by atoms with Crippen LogP contribution in [-0.2, 0) is 0 Å². The van der Waals surface area contributed by atoms with Gasteiger partial charge in [0.2, 0.25) is 0 Å². The first-order valence-corrected chi connectivity index (χ1v) is 3.89. The second-order valence-corrected chi connectivity index (χ2v) is 2.64. The van der Waals surface area contributed by atoms with Crippen LogP contribution in [0.25, 0.3) is 0 Å². The minimum Gasteiger partial charge on any atom is -0.292 e. The summed E-state index contributed by atoms with van der Waals surface area (Å²) in [4.78, 5) is 12.2. The van der Waals surface area contributed by atoms with Gasteiger partial charge >= 0.3 is 0 Å². The summed E-state index contributed by atoms with van der Waals surface area (Å²) >= 11 is 0. The molecule has 0 amide bonds. The van der Waals surface area contributed by atoms with Crippen LogP contribution in [0.1, 0.15) is 11.6 Å². The zero-order valence-corrected chi connectivity index (χ0v) is 6.59. The van der Waals surface area contributed by atoms with E-state index in [1.807, 2.05) is 18.4 Å². The van der Waals surface area contributed by atoms with Gasteiger partial charge in [-0.1, -0.05) is 6.08 Å². The van der Waals surface area contributed by atoms with Crippen molar-refractivity contribution in [3.05, 3.63) is 36.4 Å². The van der Waals surface area contributed by atoms with Gasteiger partial charge in [-0.05, 0) is 12.1 Å². The van der Waals surface area contributed by atoms with Crippen LogP contribution in [0.5, 0.6) is 0 Å². The predicted molar refractivity (Wildman–Crippen MR) is 47.3 cm³/mol. The Balaban J connectivity index is 2.21. The molecule has 0 aliphatic carbocycles. The van der Waals surface area contributed by atoms with Crippen LogP contribution in [0.3, 0.4) is 0 Å². The molecule has 0 bridgehead atoms. The van der Waals surface area contributed by atoms with Crippen LogP contribution in [0.4, 0.5) is 0 Å². The topological polar surface area (TPSA) is 38.1 Å². The van der Waals surface area contributed by atoms with Gasteiger partial charge in [-0.15, -0.1) is 0 Å². The largest absolute Gasteiger partial charge is 0.292 e. The molecule has 2 heterocycles. The molecule has 1 aromatic heterocycles. The predicted octanol–water partition coefficient (Wildman–Crippen LogP) is 1.20. The van der Waals surface area contributed by atoms with Gasteiger partial charge in [0.05, 0.1) is 12.2 Å². The van der Waals surface area contributed by atoms with Crippen LogP contribution < -0.4 is 0 Å². The fourth-order valence-corrected chi connectivity index (χ4v) is 1.19. The van der Waals surface area contributed by atoms with Gasteiger partial charge in [0, 0.05) is 18.3 Å². The third-order valence-corrected chi connectivity index (χ3v) is 1.82. The van der Waals surface area contributed by atoms with Gasteiger partial charge in [0.1, 0.15) is 6.33 Å². The first-order chi connectivity index (χ1) is 5.97. The maximum Gasteiger partial charge on any atom is 0.115 e. The summed E-state index contributed by atoms with van der Waals surface area (Å²) in [6.45, 7) is 0.799. The van der Waals surface area contributed by atoms with E-state index in [9.17, 15) is 0 Å². The average Bonchev–Trinajstić information content (AvgIpc) is 2.21. The molecule has 1 aliphatic heterocycles. The summed E-state index contributed by atoms with van der Waals surface area (Å²) in [6, 6.07) is 1.93. The lowest BCUT2D eigenvalue weighted by atomic mass is 10.0. The summed E-state index contributed by atoms with van der Waals surface area (Å²) in [5, 5.41) is 0. The number of allylic oxidation sites excluding steroid dienone is 1. The van der Waals surface area contributed by atoms with Crippen molar-refractivity contribution in [3.63, 3.8) is 0 Å². The molecule has 0 spiro atoms. The molecule has 0 N–H and O–H groups in total. The summed E-state index contributed by atoms with van der Waals surface area (Å²) in [5.74, 6) is 0.331. The molecule has 1 unspecified atom stereocenters. The number of dihydropyridines is 1. The highest BCUT2D eigenvalue weighted by molar-refractivity contribution is 5.72. The molecular weight excluding hydrogens is 150 g/mol. The number of aliphatic imine (C=N–C) groups is 1. The number of hydrogen-bond donors (Lipinski definition) is 0. The molecule has 1 aliphatic rings. The Morgan fingerprint density at radius 1 is 1.42 bits per heavy atom. The third-order valence-electron chi connectivity index (χ3n) is 1.82. The molecule has 3 heteroatoms. The van der Waals surface area contributed by atoms with Gasteiger partial charge in [-0.2, -0.15) is 0 Å². The molecule has 0 saturated heterocycles. The maximum atomic E-state index is 4.17. The Morgan fingerprint density at radius 2 is 2.42 bits per heavy atom. The molecule has 0 radical (unpaired) electrons. The lowest BCUT2D eigenvalue weighted by Crippen LogP contribution is -2.05. The molecule has 12 heavy (non-hydrogen) atoms. The van der Waals surface area contributed by atoms with Gasteiger partial charge in [-0.25, -0.2) is 9.97 Å². The van der Waals surface area contributed by atoms with Crippen molar-refractivity contribution in [3.8, 4) is 0 Å². The van der Waals surface area contributed by atoms with Crippen molar-refractivity contribution in [2.45, 2.75) is 5.92 Å². The van der Waals surface area contributed by atoms with Gasteiger partial charge in [-0.3, -0.25) is 4.99 Å². The fourth-order valence-electron chi connectivity index (χ4n) is 1.19. The molecule has 3 nitrogen and oxygen atoms in total. The smallest absolute Gasteiger partial charge is 0.115 e. The van der Waals surface area contributed by atoms with Crippen molar-refractivity contribution >= 4 is 6.21 Å². The monoisotopic (exact) mass is 159 g/mol. The third kappa shape index (κ3) is 1.39. The van der Waals surface area contributed by atoms with E-state index in [-0.39, 0.29) is 0 Å². The molecule has 0 aromatic carbocycles. The Labute approximate surface area is 70.9 Å². The zero-order valence-electron chi connectivity index (χ0n) is 6.59. The first-order valence-electron chi connectivity index (χ1n) is 3.89. The van der Waals surface area contributed by atoms with Crippen LogP contribution in [0, 0.1) is 0 Å². The average molecular weight is 159 g/mol. The second-order valence-electron chi connectivity index (χ2n) is 2.64. The van der Waals surface area contributed by atoms with Gasteiger partial charge in [0.25, 0.3) is 0 Å². The van der Waals surface area contributed by atoms with Crippen LogP contribution >= 0.6 is 0 Å². The number of aromatic nitrogens is 2. The van der Waals surface area contributed by atoms with Crippen molar-refractivity contribution in [1.82, 2.24) is 9.97 Å². The standard InChI is InChI=1S/C9H9N3/c1-2-8(6-10-4-1)9-3-5-11-7-12-9/h1-5,7-8H,6H2. The minimum absolute atomic E-state index is 0.331. The molecule has 1 atom stereocenters. The SMILES string of the molecule is C1=CC(c2ccncn2)CN=C1. The van der Waals surface area contributed by atoms with E-state index >= 15 is 0 Å². The normalized spacial score (nSPS) is 21.2. The quantitative estimate of drug-likeness (QED) is 0.617. The molecule has 0 fully saturated rings. The second kappa shape index (κ2) is 3.26. The van der Waals surface area contributed by atoms with E-state index in [1.54, 1.807) is 12.5 Å². The van der Waals surface area contributed by atoms with E-state index < -0.39 is 0 Å². The summed E-state index contributed by atoms with van der Waals surface area (Å²) < 4.78 is 0. The number of hydrogen-bond acceptors (Lipinski definition) is 3. The van der Waals surface area contributed by atoms with E-state index in [1.165, 1.54) is 0 Å². The van der Waals surface area contributed by atoms with E-state index in [0.29, 0.717) is 5.92 Å². The molecule has 1 aromatic rings. The van der Waals surface area contributed by atoms with Gasteiger partial charge < -0.3 is 0 Å². The zero-order chi connectivity index (χ0) is 8.23. The van der Waals surface area contributed by atoms with E-state index in [0.717, 1.165) is 12.2 Å². The minimum atomic E-state index is 0.331. The Morgan fingerprint density at radius 3 is 3.08 bits per heavy atom. The van der Waals surface area contributed by atoms with Crippen molar-refractivity contribution < 1.29 is 0 Å². The summed E-state index contributed by atoms with van der Waals surface area (Å²) in [7, 11) is 0. The lowest BCUT2D eigenvalue weighted by Gasteiger charge is -2.10. The summed E-state index contributed by atoms with van der Waals surface area (Å²) in [6.07, 6.45) is 9.21. The van der Waals surface area contributed by atoms with Gasteiger partial charge in [0.15, 0.2) is 0 Å². The highest BCUT2D eigenvalue weighted by Crippen LogP contribution is 2.15. The molecular formula is C9H9N3. The Kier molecular flexibility index (Phi) is 1.94. The van der Waals surface area contributed by atoms with E-state index in [2.05, 4.69) is 21.0 Å². The first kappa shape index (κ1) is 7.16. The highest BCUT2D eigenvalue weighted by Gasteiger charge is 2.09.